The molecule has 0 spiro atoms. The molecule has 0 saturated carbocycles. The van der Waals surface area contributed by atoms with E-state index in [9.17, 15) is 13.2 Å². The van der Waals surface area contributed by atoms with Crippen LogP contribution in [0.2, 0.25) is 5.02 Å². The molecule has 1 aliphatic rings. The van der Waals surface area contributed by atoms with Crippen LogP contribution in [0.3, 0.4) is 0 Å². The van der Waals surface area contributed by atoms with E-state index in [2.05, 4.69) is 15.3 Å². The van der Waals surface area contributed by atoms with Gasteiger partial charge in [-0.15, -0.1) is 0 Å². The normalized spacial score (nSPS) is 13.2. The summed E-state index contributed by atoms with van der Waals surface area (Å²) in [4.78, 5) is 21.1. The summed E-state index contributed by atoms with van der Waals surface area (Å²) >= 11 is 6.39. The maximum absolute atomic E-state index is 12.2. The molecule has 4 rings (SSSR count). The molecule has 1 amide bonds. The monoisotopic (exact) mass is 458 g/mol. The van der Waals surface area contributed by atoms with Crippen LogP contribution >= 0.6 is 11.6 Å². The quantitative estimate of drug-likeness (QED) is 0.607. The van der Waals surface area contributed by atoms with Gasteiger partial charge in [0.05, 0.1) is 17.7 Å². The first-order valence-electron chi connectivity index (χ1n) is 9.33. The number of halogens is 1. The summed E-state index contributed by atoms with van der Waals surface area (Å²) in [5, 5.41) is 3.25. The molecular formula is C21H19ClN4O4S. The van der Waals surface area contributed by atoms with Crippen molar-refractivity contribution >= 4 is 44.7 Å². The molecule has 1 aromatic carbocycles. The van der Waals surface area contributed by atoms with E-state index in [0.29, 0.717) is 39.8 Å². The summed E-state index contributed by atoms with van der Waals surface area (Å²) < 4.78 is 30.6. The Hall–Kier alpha value is -3.01. The number of amides is 1. The number of nitrogens with one attached hydrogen (secondary N) is 1. The van der Waals surface area contributed by atoms with Crippen LogP contribution in [0.5, 0.6) is 0 Å². The highest BCUT2D eigenvalue weighted by molar-refractivity contribution is 7.88. The van der Waals surface area contributed by atoms with Gasteiger partial charge in [0.1, 0.15) is 0 Å². The molecule has 2 aromatic heterocycles. The van der Waals surface area contributed by atoms with E-state index in [1.807, 2.05) is 0 Å². The highest BCUT2D eigenvalue weighted by Crippen LogP contribution is 2.31. The lowest BCUT2D eigenvalue weighted by atomic mass is 10.0. The molecule has 0 radical (unpaired) electrons. The fourth-order valence-electron chi connectivity index (χ4n) is 3.13. The summed E-state index contributed by atoms with van der Waals surface area (Å²) in [6, 6.07) is 10.1. The average Bonchev–Trinajstić information content (AvgIpc) is 3.38. The molecular weight excluding hydrogens is 440 g/mol. The van der Waals surface area contributed by atoms with Gasteiger partial charge in [0.25, 0.3) is 5.91 Å². The van der Waals surface area contributed by atoms with Gasteiger partial charge in [-0.1, -0.05) is 11.6 Å². The predicted octanol–water partition coefficient (Wildman–Crippen LogP) is 3.65. The molecule has 160 valence electrons. The summed E-state index contributed by atoms with van der Waals surface area (Å²) in [6.07, 6.45) is 3.40. The van der Waals surface area contributed by atoms with E-state index in [1.54, 1.807) is 36.4 Å². The van der Waals surface area contributed by atoms with E-state index in [0.717, 1.165) is 5.56 Å². The number of rotatable bonds is 6. The Kier molecular flexibility index (Phi) is 5.65. The first-order chi connectivity index (χ1) is 14.7. The third-order valence-electron chi connectivity index (χ3n) is 4.78. The fraction of sp³-hybridized carbons (Fsp3) is 0.190. The highest BCUT2D eigenvalue weighted by Gasteiger charge is 2.22. The van der Waals surface area contributed by atoms with Crippen LogP contribution in [0.25, 0.3) is 0 Å². The second-order valence-electron chi connectivity index (χ2n) is 7.23. The average molecular weight is 459 g/mol. The molecule has 1 N–H and O–H groups in total. The number of sulfonamides is 1. The van der Waals surface area contributed by atoms with Crippen molar-refractivity contribution in [3.8, 4) is 0 Å². The molecule has 3 aromatic rings. The number of anilines is 1. The molecule has 0 atom stereocenters. The Balaban J connectivity index is 1.55. The minimum atomic E-state index is -3.39. The molecule has 10 heteroatoms. The minimum Gasteiger partial charge on any atom is -0.459 e. The molecule has 1 aliphatic heterocycles. The Morgan fingerprint density at radius 3 is 2.77 bits per heavy atom. The second-order valence-corrected chi connectivity index (χ2v) is 9.82. The van der Waals surface area contributed by atoms with Gasteiger partial charge in [-0.05, 0) is 42.0 Å². The summed E-state index contributed by atoms with van der Waals surface area (Å²) in [5.74, 6) is 0.224. The van der Waals surface area contributed by atoms with Crippen molar-refractivity contribution in [3.63, 3.8) is 0 Å². The van der Waals surface area contributed by atoms with Crippen molar-refractivity contribution in [2.45, 2.75) is 12.2 Å². The Bertz CT molecular complexity index is 1280. The number of aliphatic imine (C=N–C) groups is 1. The van der Waals surface area contributed by atoms with Crippen molar-refractivity contribution in [2.75, 3.05) is 19.4 Å². The van der Waals surface area contributed by atoms with Crippen LogP contribution in [-0.2, 0) is 22.2 Å². The first-order valence-corrected chi connectivity index (χ1v) is 11.3. The van der Waals surface area contributed by atoms with Crippen molar-refractivity contribution in [3.05, 3.63) is 76.3 Å². The minimum absolute atomic E-state index is 0.134. The lowest BCUT2D eigenvalue weighted by Crippen LogP contribution is -2.23. The van der Waals surface area contributed by atoms with Gasteiger partial charge in [0, 0.05) is 48.5 Å². The smallest absolute Gasteiger partial charge is 0.291 e. The van der Waals surface area contributed by atoms with Crippen LogP contribution in [0.4, 0.5) is 11.5 Å². The summed E-state index contributed by atoms with van der Waals surface area (Å²) in [6.45, 7) is 0. The lowest BCUT2D eigenvalue weighted by molar-refractivity contribution is 0.0996. The van der Waals surface area contributed by atoms with E-state index >= 15 is 0 Å². The Labute approximate surface area is 184 Å². The number of carbonyl (C=O) groups excluding carboxylic acids is 1. The first kappa shape index (κ1) is 21.2. The van der Waals surface area contributed by atoms with E-state index < -0.39 is 10.0 Å². The van der Waals surface area contributed by atoms with Gasteiger partial charge in [-0.2, -0.15) is 0 Å². The standard InChI is InChI=1S/C21H19ClN4O4S/c1-26(2)31(28,29)12-13-8-14-9-18(25-20(14)23-11-13)16-10-15(5-6-17(16)22)24-21(27)19-4-3-7-30-19/h3-8,10-11H,9,12H2,1-2H3,(H,24,27). The van der Waals surface area contributed by atoms with Crippen LogP contribution < -0.4 is 5.32 Å². The highest BCUT2D eigenvalue weighted by atomic mass is 35.5. The van der Waals surface area contributed by atoms with Gasteiger partial charge in [0.15, 0.2) is 11.6 Å². The molecule has 3 heterocycles. The third kappa shape index (κ3) is 4.53. The Morgan fingerprint density at radius 2 is 2.06 bits per heavy atom. The molecule has 0 aliphatic carbocycles. The molecule has 0 bridgehead atoms. The zero-order valence-corrected chi connectivity index (χ0v) is 18.4. The van der Waals surface area contributed by atoms with Crippen molar-refractivity contribution in [1.29, 1.82) is 0 Å². The third-order valence-corrected chi connectivity index (χ3v) is 6.92. The Morgan fingerprint density at radius 1 is 1.26 bits per heavy atom. The second kappa shape index (κ2) is 8.26. The largest absolute Gasteiger partial charge is 0.459 e. The number of fused-ring (bicyclic) bond motifs is 1. The fourth-order valence-corrected chi connectivity index (χ4v) is 4.19. The van der Waals surface area contributed by atoms with Crippen LogP contribution in [0.15, 0.2) is 58.3 Å². The maximum Gasteiger partial charge on any atom is 0.291 e. The lowest BCUT2D eigenvalue weighted by Gasteiger charge is -2.11. The van der Waals surface area contributed by atoms with Crippen LogP contribution in [0, 0.1) is 0 Å². The zero-order valence-electron chi connectivity index (χ0n) is 16.8. The summed E-state index contributed by atoms with van der Waals surface area (Å²) in [5.41, 5.74) is 3.32. The number of pyridine rings is 1. The number of hydrogen-bond donors (Lipinski definition) is 1. The SMILES string of the molecule is CN(C)S(=O)(=O)Cc1cnc2c(c1)CC(c1cc(NC(=O)c3ccco3)ccc1Cl)=N2. The van der Waals surface area contributed by atoms with Crippen LogP contribution in [0.1, 0.15) is 27.2 Å². The van der Waals surface area contributed by atoms with Gasteiger partial charge in [-0.3, -0.25) is 4.79 Å². The van der Waals surface area contributed by atoms with Crippen molar-refractivity contribution in [2.24, 2.45) is 4.99 Å². The number of hydrogen-bond acceptors (Lipinski definition) is 6. The van der Waals surface area contributed by atoms with E-state index in [4.69, 9.17) is 16.0 Å². The number of aromatic nitrogens is 1. The number of furan rings is 1. The molecule has 31 heavy (non-hydrogen) atoms. The van der Waals surface area contributed by atoms with E-state index in [1.165, 1.54) is 30.9 Å². The molecule has 0 fully saturated rings. The zero-order chi connectivity index (χ0) is 22.2. The van der Waals surface area contributed by atoms with Crippen molar-refractivity contribution in [1.82, 2.24) is 9.29 Å². The predicted molar refractivity (Wildman–Crippen MR) is 119 cm³/mol. The molecule has 0 unspecified atom stereocenters. The number of nitrogens with zero attached hydrogens (tertiary/aromatic N) is 3. The van der Waals surface area contributed by atoms with Gasteiger partial charge >= 0.3 is 0 Å². The maximum atomic E-state index is 12.2. The molecule has 8 nitrogen and oxygen atoms in total. The van der Waals surface area contributed by atoms with Gasteiger partial charge < -0.3 is 9.73 Å². The molecule has 0 saturated heterocycles. The van der Waals surface area contributed by atoms with Gasteiger partial charge in [0.2, 0.25) is 10.0 Å². The van der Waals surface area contributed by atoms with E-state index in [-0.39, 0.29) is 17.4 Å². The van der Waals surface area contributed by atoms with Crippen molar-refractivity contribution < 1.29 is 17.6 Å². The topological polar surface area (TPSA) is 105 Å². The number of carbonyl (C=O) groups is 1. The van der Waals surface area contributed by atoms with Crippen LogP contribution in [-0.4, -0.2) is 43.4 Å². The van der Waals surface area contributed by atoms with Gasteiger partial charge in [-0.25, -0.2) is 22.7 Å². The summed E-state index contributed by atoms with van der Waals surface area (Å²) in [7, 11) is -0.396. The number of benzene rings is 1.